The van der Waals surface area contributed by atoms with Gasteiger partial charge in [-0.05, 0) is 51.4 Å². The molecule has 7 heteroatoms. The van der Waals surface area contributed by atoms with Crippen molar-refractivity contribution in [1.29, 1.82) is 0 Å². The van der Waals surface area contributed by atoms with Crippen LogP contribution in [-0.4, -0.2) is 55.6 Å². The third-order valence-electron chi connectivity index (χ3n) is 5.19. The number of rotatable bonds is 3. The van der Waals surface area contributed by atoms with Gasteiger partial charge in [0, 0.05) is 31.9 Å². The molecule has 0 amide bonds. The van der Waals surface area contributed by atoms with Gasteiger partial charge in [-0.1, -0.05) is 0 Å². The fourth-order valence-corrected chi connectivity index (χ4v) is 2.98. The van der Waals surface area contributed by atoms with Gasteiger partial charge in [-0.3, -0.25) is 0 Å². The van der Waals surface area contributed by atoms with E-state index in [1.165, 1.54) is 0 Å². The van der Waals surface area contributed by atoms with Gasteiger partial charge in [0.25, 0.3) is 0 Å². The molecule has 24 heavy (non-hydrogen) atoms. The van der Waals surface area contributed by atoms with Crippen molar-refractivity contribution in [3.63, 3.8) is 0 Å². The maximum Gasteiger partial charge on any atom is 0.494 e. The second kappa shape index (κ2) is 6.06. The minimum atomic E-state index is -0.940. The molecule has 2 aliphatic heterocycles. The molecule has 1 aromatic carbocycles. The first-order chi connectivity index (χ1) is 11.2. The molecule has 2 fully saturated rings. The molecule has 3 rings (SSSR count). The van der Waals surface area contributed by atoms with E-state index in [0.29, 0.717) is 0 Å². The molecule has 2 aliphatic rings. The minimum Gasteiger partial charge on any atom is -0.478 e. The molecule has 1 aromatic rings. The monoisotopic (exact) mass is 332 g/mol. The molecular weight excluding hydrogens is 307 g/mol. The first kappa shape index (κ1) is 17.3. The lowest BCUT2D eigenvalue weighted by molar-refractivity contribution is 0.00578. The first-order valence-corrected chi connectivity index (χ1v) is 8.39. The zero-order valence-electron chi connectivity index (χ0n) is 14.8. The summed E-state index contributed by atoms with van der Waals surface area (Å²) in [4.78, 5) is 13.7. The Hall–Kier alpha value is -1.57. The van der Waals surface area contributed by atoms with E-state index in [1.807, 2.05) is 33.8 Å². The molecule has 0 radical (unpaired) electrons. The lowest BCUT2D eigenvalue weighted by atomic mass is 9.78. The second-order valence-electron chi connectivity index (χ2n) is 7.44. The quantitative estimate of drug-likeness (QED) is 0.808. The Labute approximate surface area is 143 Å². The van der Waals surface area contributed by atoms with Gasteiger partial charge in [-0.25, -0.2) is 4.79 Å². The zero-order chi connectivity index (χ0) is 17.5. The van der Waals surface area contributed by atoms with E-state index in [1.54, 1.807) is 12.1 Å². The third-order valence-corrected chi connectivity index (χ3v) is 5.19. The Balaban J connectivity index is 1.95. The van der Waals surface area contributed by atoms with Gasteiger partial charge in [-0.15, -0.1) is 0 Å². The van der Waals surface area contributed by atoms with Crippen LogP contribution in [0.3, 0.4) is 0 Å². The summed E-state index contributed by atoms with van der Waals surface area (Å²) in [5.41, 5.74) is 1.01. The maximum absolute atomic E-state index is 11.5. The summed E-state index contributed by atoms with van der Waals surface area (Å²) in [6, 6.07) is 5.36. The van der Waals surface area contributed by atoms with Crippen molar-refractivity contribution in [3.05, 3.63) is 23.8 Å². The highest BCUT2D eigenvalue weighted by molar-refractivity contribution is 6.62. The largest absolute Gasteiger partial charge is 0.494 e. The van der Waals surface area contributed by atoms with Gasteiger partial charge in [0.2, 0.25) is 0 Å². The van der Waals surface area contributed by atoms with Crippen molar-refractivity contribution in [2.24, 2.45) is 0 Å². The van der Waals surface area contributed by atoms with Gasteiger partial charge < -0.3 is 24.6 Å². The number of hydrogen-bond donors (Lipinski definition) is 2. The van der Waals surface area contributed by atoms with Crippen LogP contribution in [0, 0.1) is 0 Å². The molecule has 2 heterocycles. The lowest BCUT2D eigenvalue weighted by Gasteiger charge is -2.32. The molecule has 2 saturated heterocycles. The van der Waals surface area contributed by atoms with Crippen LogP contribution >= 0.6 is 0 Å². The van der Waals surface area contributed by atoms with E-state index >= 15 is 0 Å². The Bertz CT molecular complexity index is 625. The molecule has 0 atom stereocenters. The summed E-state index contributed by atoms with van der Waals surface area (Å²) in [5.74, 6) is -0.940. The zero-order valence-corrected chi connectivity index (χ0v) is 14.8. The van der Waals surface area contributed by atoms with Crippen LogP contribution in [0.1, 0.15) is 38.1 Å². The number of piperazine rings is 1. The molecular formula is C17H25BN2O4. The van der Waals surface area contributed by atoms with E-state index in [-0.39, 0.29) is 5.56 Å². The van der Waals surface area contributed by atoms with Gasteiger partial charge in [-0.2, -0.15) is 0 Å². The highest BCUT2D eigenvalue weighted by Gasteiger charge is 2.51. The molecule has 0 spiro atoms. The fourth-order valence-electron chi connectivity index (χ4n) is 2.98. The summed E-state index contributed by atoms with van der Waals surface area (Å²) >= 11 is 0. The van der Waals surface area contributed by atoms with E-state index < -0.39 is 24.3 Å². The molecule has 0 aromatic heterocycles. The van der Waals surface area contributed by atoms with Gasteiger partial charge in [0.15, 0.2) is 0 Å². The number of nitrogens with one attached hydrogen (secondary N) is 1. The lowest BCUT2D eigenvalue weighted by Crippen LogP contribution is -2.44. The van der Waals surface area contributed by atoms with Gasteiger partial charge in [0.1, 0.15) is 0 Å². The Kier molecular flexibility index (Phi) is 4.36. The molecule has 6 nitrogen and oxygen atoms in total. The molecule has 0 aliphatic carbocycles. The fraction of sp³-hybridized carbons (Fsp3) is 0.588. The number of carboxylic acid groups (broad SMARTS) is 1. The number of carboxylic acids is 1. The minimum absolute atomic E-state index is 0.260. The van der Waals surface area contributed by atoms with Crippen molar-refractivity contribution in [2.75, 3.05) is 31.1 Å². The van der Waals surface area contributed by atoms with Crippen LogP contribution in [0.4, 0.5) is 5.69 Å². The van der Waals surface area contributed by atoms with Crippen molar-refractivity contribution < 1.29 is 19.2 Å². The Morgan fingerprint density at radius 2 is 1.71 bits per heavy atom. The maximum atomic E-state index is 11.5. The van der Waals surface area contributed by atoms with Gasteiger partial charge in [0.05, 0.1) is 16.8 Å². The summed E-state index contributed by atoms with van der Waals surface area (Å²) < 4.78 is 12.2. The SMILES string of the molecule is CC1(C)OB(c2cc(C(=O)O)cc(N3CCNCC3)c2)OC1(C)C. The highest BCUT2D eigenvalue weighted by atomic mass is 16.7. The van der Waals surface area contributed by atoms with Crippen LogP contribution in [0.15, 0.2) is 18.2 Å². The summed E-state index contributed by atoms with van der Waals surface area (Å²) in [7, 11) is -0.559. The van der Waals surface area contributed by atoms with Crippen LogP contribution in [-0.2, 0) is 9.31 Å². The predicted molar refractivity (Wildman–Crippen MR) is 94.2 cm³/mol. The normalized spacial score (nSPS) is 22.7. The topological polar surface area (TPSA) is 71.0 Å². The van der Waals surface area contributed by atoms with Crippen LogP contribution in [0.5, 0.6) is 0 Å². The summed E-state index contributed by atoms with van der Waals surface area (Å²) in [6.07, 6.45) is 0. The average Bonchev–Trinajstić information content (AvgIpc) is 2.76. The molecule has 0 saturated carbocycles. The number of anilines is 1. The molecule has 0 bridgehead atoms. The number of aromatic carboxylic acids is 1. The highest BCUT2D eigenvalue weighted by Crippen LogP contribution is 2.36. The van der Waals surface area contributed by atoms with Gasteiger partial charge >= 0.3 is 13.1 Å². The third kappa shape index (κ3) is 3.16. The Morgan fingerprint density at radius 1 is 1.12 bits per heavy atom. The number of hydrogen-bond acceptors (Lipinski definition) is 5. The van der Waals surface area contributed by atoms with Crippen LogP contribution in [0.2, 0.25) is 0 Å². The summed E-state index contributed by atoms with van der Waals surface area (Å²) in [6.45, 7) is 11.5. The average molecular weight is 332 g/mol. The molecule has 2 N–H and O–H groups in total. The number of carbonyl (C=O) groups is 1. The van der Waals surface area contributed by atoms with Crippen molar-refractivity contribution >= 4 is 24.2 Å². The molecule has 0 unspecified atom stereocenters. The van der Waals surface area contributed by atoms with Crippen molar-refractivity contribution in [2.45, 2.75) is 38.9 Å². The van der Waals surface area contributed by atoms with Crippen molar-refractivity contribution in [3.8, 4) is 0 Å². The van der Waals surface area contributed by atoms with E-state index in [0.717, 1.165) is 37.3 Å². The standard InChI is InChI=1S/C17H25BN2O4/c1-16(2)17(3,4)24-18(23-16)13-9-12(15(21)22)10-14(11-13)20-7-5-19-6-8-20/h9-11,19H,5-8H2,1-4H3,(H,21,22). The van der Waals surface area contributed by atoms with E-state index in [4.69, 9.17) is 9.31 Å². The molecule has 130 valence electrons. The number of benzene rings is 1. The Morgan fingerprint density at radius 3 is 2.25 bits per heavy atom. The predicted octanol–water partition coefficient (Wildman–Crippen LogP) is 1.09. The summed E-state index contributed by atoms with van der Waals surface area (Å²) in [5, 5.41) is 12.8. The first-order valence-electron chi connectivity index (χ1n) is 8.39. The van der Waals surface area contributed by atoms with E-state index in [2.05, 4.69) is 10.2 Å². The number of nitrogens with zero attached hydrogens (tertiary/aromatic N) is 1. The van der Waals surface area contributed by atoms with Crippen LogP contribution < -0.4 is 15.7 Å². The second-order valence-corrected chi connectivity index (χ2v) is 7.44. The van der Waals surface area contributed by atoms with E-state index in [9.17, 15) is 9.90 Å². The van der Waals surface area contributed by atoms with Crippen molar-refractivity contribution in [1.82, 2.24) is 5.32 Å². The smallest absolute Gasteiger partial charge is 0.478 e. The van der Waals surface area contributed by atoms with Crippen LogP contribution in [0.25, 0.3) is 0 Å².